The van der Waals surface area contributed by atoms with Gasteiger partial charge in [-0.25, -0.2) is 9.78 Å². The highest BCUT2D eigenvalue weighted by atomic mass is 32.2. The Morgan fingerprint density at radius 2 is 1.69 bits per heavy atom. The predicted molar refractivity (Wildman–Crippen MR) is 138 cm³/mol. The lowest BCUT2D eigenvalue weighted by atomic mass is 10.1. The fourth-order valence-electron chi connectivity index (χ4n) is 3.80. The molecule has 1 aromatic heterocycles. The van der Waals surface area contributed by atoms with Crippen LogP contribution in [-0.2, 0) is 9.53 Å². The molecule has 1 amide bonds. The van der Waals surface area contributed by atoms with Gasteiger partial charge < -0.3 is 9.64 Å². The van der Waals surface area contributed by atoms with E-state index in [0.717, 1.165) is 5.69 Å². The lowest BCUT2D eigenvalue weighted by molar-refractivity contribution is -0.117. The van der Waals surface area contributed by atoms with E-state index in [-0.39, 0.29) is 11.5 Å². The molecule has 0 aliphatic heterocycles. The Labute approximate surface area is 207 Å². The molecule has 0 unspecified atom stereocenters. The van der Waals surface area contributed by atoms with Crippen molar-refractivity contribution >= 4 is 40.2 Å². The van der Waals surface area contributed by atoms with Crippen LogP contribution in [0.3, 0.4) is 0 Å². The lowest BCUT2D eigenvalue weighted by Crippen LogP contribution is -2.37. The van der Waals surface area contributed by atoms with Crippen LogP contribution in [0.2, 0.25) is 0 Å². The third-order valence-electron chi connectivity index (χ3n) is 5.55. The monoisotopic (exact) mass is 487 g/mol. The van der Waals surface area contributed by atoms with Crippen molar-refractivity contribution in [3.8, 4) is 5.69 Å². The second-order valence-electron chi connectivity index (χ2n) is 7.77. The minimum Gasteiger partial charge on any atom is -0.465 e. The first-order valence-electron chi connectivity index (χ1n) is 11.2. The van der Waals surface area contributed by atoms with E-state index in [9.17, 15) is 14.4 Å². The number of fused-ring (bicyclic) bond motifs is 1. The first-order valence-corrected chi connectivity index (χ1v) is 12.1. The maximum absolute atomic E-state index is 13.6. The van der Waals surface area contributed by atoms with Crippen molar-refractivity contribution in [2.45, 2.75) is 24.3 Å². The maximum atomic E-state index is 13.6. The molecule has 0 aliphatic carbocycles. The van der Waals surface area contributed by atoms with Crippen molar-refractivity contribution in [3.05, 3.63) is 94.8 Å². The summed E-state index contributed by atoms with van der Waals surface area (Å²) >= 11 is 1.20. The topological polar surface area (TPSA) is 81.5 Å². The van der Waals surface area contributed by atoms with Crippen LogP contribution in [0.4, 0.5) is 5.69 Å². The van der Waals surface area contributed by atoms with Crippen LogP contribution in [0.15, 0.2) is 88.8 Å². The molecule has 0 aliphatic rings. The second-order valence-corrected chi connectivity index (χ2v) is 9.08. The van der Waals surface area contributed by atoms with Crippen LogP contribution in [0, 0.1) is 0 Å². The quantitative estimate of drug-likeness (QED) is 0.213. The third kappa shape index (κ3) is 4.97. The van der Waals surface area contributed by atoms with E-state index in [1.165, 1.54) is 29.5 Å². The van der Waals surface area contributed by atoms with Crippen molar-refractivity contribution < 1.29 is 14.3 Å². The van der Waals surface area contributed by atoms with Gasteiger partial charge in [0, 0.05) is 12.2 Å². The van der Waals surface area contributed by atoms with E-state index in [1.807, 2.05) is 67.6 Å². The normalized spacial score (nSPS) is 11.7. The number of carbonyl (C=O) groups excluding carboxylic acids is 2. The van der Waals surface area contributed by atoms with Gasteiger partial charge in [0.25, 0.3) is 5.56 Å². The summed E-state index contributed by atoms with van der Waals surface area (Å²) in [5, 5.41) is 0.197. The fourth-order valence-corrected chi connectivity index (χ4v) is 4.78. The van der Waals surface area contributed by atoms with Gasteiger partial charge in [0.2, 0.25) is 5.91 Å². The molecule has 7 nitrogen and oxygen atoms in total. The van der Waals surface area contributed by atoms with E-state index in [1.54, 1.807) is 24.0 Å². The van der Waals surface area contributed by atoms with Gasteiger partial charge in [0.1, 0.15) is 0 Å². The molecule has 0 N–H and O–H groups in total. The van der Waals surface area contributed by atoms with Crippen LogP contribution in [0.1, 0.15) is 24.2 Å². The van der Waals surface area contributed by atoms with E-state index in [2.05, 4.69) is 0 Å². The maximum Gasteiger partial charge on any atom is 0.337 e. The first kappa shape index (κ1) is 24.2. The molecule has 35 heavy (non-hydrogen) atoms. The number of hydrogen-bond acceptors (Lipinski definition) is 6. The number of methoxy groups -OCH3 is 1. The minimum absolute atomic E-state index is 0.0963. The minimum atomic E-state index is -0.529. The number of carbonyl (C=O) groups is 2. The number of aromatic nitrogens is 2. The Morgan fingerprint density at radius 1 is 1.03 bits per heavy atom. The zero-order valence-electron chi connectivity index (χ0n) is 19.7. The van der Waals surface area contributed by atoms with Gasteiger partial charge in [0.05, 0.1) is 34.5 Å². The van der Waals surface area contributed by atoms with Crippen molar-refractivity contribution in [2.24, 2.45) is 0 Å². The number of rotatable bonds is 7. The molecule has 1 atom stereocenters. The summed E-state index contributed by atoms with van der Waals surface area (Å²) in [7, 11) is 1.30. The summed E-state index contributed by atoms with van der Waals surface area (Å²) in [6, 6.07) is 23.3. The molecular formula is C27H25N3O4S. The summed E-state index contributed by atoms with van der Waals surface area (Å²) in [6.45, 7) is 4.23. The number of anilines is 1. The number of thioether (sulfide) groups is 1. The summed E-state index contributed by atoms with van der Waals surface area (Å²) in [5.41, 5.74) is 1.83. The van der Waals surface area contributed by atoms with Gasteiger partial charge >= 0.3 is 5.97 Å². The van der Waals surface area contributed by atoms with E-state index in [4.69, 9.17) is 9.72 Å². The summed E-state index contributed by atoms with van der Waals surface area (Å²) in [5.74, 6) is -0.610. The van der Waals surface area contributed by atoms with Crippen molar-refractivity contribution in [1.82, 2.24) is 9.55 Å². The number of para-hydroxylation sites is 2. The first-order chi connectivity index (χ1) is 16.9. The second kappa shape index (κ2) is 10.6. The van der Waals surface area contributed by atoms with E-state index < -0.39 is 11.2 Å². The molecule has 4 rings (SSSR count). The Balaban J connectivity index is 1.80. The number of nitrogens with zero attached hydrogens (tertiary/aromatic N) is 3. The highest BCUT2D eigenvalue weighted by Gasteiger charge is 2.25. The van der Waals surface area contributed by atoms with E-state index >= 15 is 0 Å². The standard InChI is InChI=1S/C27H25N3O4S/c1-4-29(20-11-7-5-8-12-20)24(31)18(2)35-27-28-23-17-19(26(33)34-3)15-16-22(23)25(32)30(27)21-13-9-6-10-14-21/h5-18H,4H2,1-3H3/t18-/m1/s1. The molecule has 1 heterocycles. The highest BCUT2D eigenvalue weighted by molar-refractivity contribution is 8.00. The zero-order chi connectivity index (χ0) is 24.9. The smallest absolute Gasteiger partial charge is 0.337 e. The molecule has 4 aromatic rings. The molecule has 178 valence electrons. The number of hydrogen-bond donors (Lipinski definition) is 0. The summed E-state index contributed by atoms with van der Waals surface area (Å²) < 4.78 is 6.32. The average molecular weight is 488 g/mol. The van der Waals surface area contributed by atoms with Crippen LogP contribution in [0.25, 0.3) is 16.6 Å². The Morgan fingerprint density at radius 3 is 2.31 bits per heavy atom. The highest BCUT2D eigenvalue weighted by Crippen LogP contribution is 2.28. The average Bonchev–Trinajstić information content (AvgIpc) is 2.89. The van der Waals surface area contributed by atoms with Crippen LogP contribution in [0.5, 0.6) is 0 Å². The molecule has 0 fully saturated rings. The van der Waals surface area contributed by atoms with Gasteiger partial charge in [-0.15, -0.1) is 0 Å². The number of amides is 1. The van der Waals surface area contributed by atoms with Gasteiger partial charge in [-0.3, -0.25) is 14.2 Å². The van der Waals surface area contributed by atoms with E-state index in [0.29, 0.717) is 33.9 Å². The van der Waals surface area contributed by atoms with Crippen LogP contribution < -0.4 is 10.5 Å². The lowest BCUT2D eigenvalue weighted by Gasteiger charge is -2.24. The number of ether oxygens (including phenoxy) is 1. The number of esters is 1. The van der Waals surface area contributed by atoms with Gasteiger partial charge in [-0.1, -0.05) is 48.2 Å². The largest absolute Gasteiger partial charge is 0.465 e. The Kier molecular flexibility index (Phi) is 7.31. The van der Waals surface area contributed by atoms with Crippen molar-refractivity contribution in [1.29, 1.82) is 0 Å². The van der Waals surface area contributed by atoms with Gasteiger partial charge in [0.15, 0.2) is 5.16 Å². The molecular weight excluding hydrogens is 462 g/mol. The zero-order valence-corrected chi connectivity index (χ0v) is 20.5. The molecule has 0 bridgehead atoms. The molecule has 0 saturated carbocycles. The molecule has 0 saturated heterocycles. The van der Waals surface area contributed by atoms with Crippen LogP contribution >= 0.6 is 11.8 Å². The Hall–Kier alpha value is -3.91. The van der Waals surface area contributed by atoms with Crippen molar-refractivity contribution in [2.75, 3.05) is 18.6 Å². The van der Waals surface area contributed by atoms with Gasteiger partial charge in [-0.2, -0.15) is 0 Å². The van der Waals surface area contributed by atoms with Gasteiger partial charge in [-0.05, 0) is 56.3 Å². The Bertz CT molecular complexity index is 1420. The molecule has 0 spiro atoms. The molecule has 0 radical (unpaired) electrons. The molecule has 8 heteroatoms. The van der Waals surface area contributed by atoms with Crippen molar-refractivity contribution in [3.63, 3.8) is 0 Å². The molecule has 3 aromatic carbocycles. The summed E-state index contributed by atoms with van der Waals surface area (Å²) in [6.07, 6.45) is 0. The third-order valence-corrected chi connectivity index (χ3v) is 6.59. The summed E-state index contributed by atoms with van der Waals surface area (Å²) in [4.78, 5) is 45.4. The van der Waals surface area contributed by atoms with Crippen LogP contribution in [-0.4, -0.2) is 40.3 Å². The number of benzene rings is 3. The fraction of sp³-hybridized carbons (Fsp3) is 0.185. The SMILES string of the molecule is CCN(C(=O)[C@@H](C)Sc1nc2cc(C(=O)OC)ccc2c(=O)n1-c1ccccc1)c1ccccc1. The predicted octanol–water partition coefficient (Wildman–Crippen LogP) is 4.71.